The quantitative estimate of drug-likeness (QED) is 0.523. The molecule has 182 valence electrons. The van der Waals surface area contributed by atoms with Crippen LogP contribution in [-0.2, 0) is 39.0 Å². The van der Waals surface area contributed by atoms with Gasteiger partial charge in [0.25, 0.3) is 0 Å². The Hall–Kier alpha value is -3.53. The molecule has 0 aliphatic carbocycles. The summed E-state index contributed by atoms with van der Waals surface area (Å²) in [5.41, 5.74) is 4.89. The number of fused-ring (bicyclic) bond motifs is 1. The number of amides is 3. The topological polar surface area (TPSA) is 109 Å². The van der Waals surface area contributed by atoms with Gasteiger partial charge in [0.2, 0.25) is 17.7 Å². The van der Waals surface area contributed by atoms with Gasteiger partial charge in [-0.05, 0) is 49.2 Å². The molecule has 2 aromatic heterocycles. The van der Waals surface area contributed by atoms with E-state index in [1.54, 1.807) is 39.7 Å². The zero-order valence-corrected chi connectivity index (χ0v) is 20.5. The lowest BCUT2D eigenvalue weighted by Gasteiger charge is -2.18. The third-order valence-electron chi connectivity index (χ3n) is 6.49. The van der Waals surface area contributed by atoms with Crippen LogP contribution < -0.4 is 15.5 Å². The SMILES string of the molecule is Cc1ccc(N2CC(C(=O)Nc3c4c(nn3CC(=O)NCc3ccco3)CSC4)CC2=O)cc1C. The van der Waals surface area contributed by atoms with E-state index in [1.165, 1.54) is 0 Å². The summed E-state index contributed by atoms with van der Waals surface area (Å²) in [7, 11) is 0. The molecule has 1 unspecified atom stereocenters. The Labute approximate surface area is 207 Å². The third-order valence-corrected chi connectivity index (χ3v) is 7.46. The van der Waals surface area contributed by atoms with Crippen molar-refractivity contribution < 1.29 is 18.8 Å². The molecular weight excluding hydrogens is 466 g/mol. The van der Waals surface area contributed by atoms with Crippen molar-refractivity contribution in [1.29, 1.82) is 0 Å². The Balaban J connectivity index is 1.28. The maximum absolute atomic E-state index is 13.2. The van der Waals surface area contributed by atoms with Crippen molar-refractivity contribution in [1.82, 2.24) is 15.1 Å². The van der Waals surface area contributed by atoms with Crippen LogP contribution in [0, 0.1) is 19.8 Å². The van der Waals surface area contributed by atoms with Crippen LogP contribution in [0.4, 0.5) is 11.5 Å². The molecule has 2 N–H and O–H groups in total. The van der Waals surface area contributed by atoms with Crippen LogP contribution >= 0.6 is 11.8 Å². The number of rotatable bonds is 7. The summed E-state index contributed by atoms with van der Waals surface area (Å²) in [5, 5.41) is 10.4. The van der Waals surface area contributed by atoms with E-state index in [0.717, 1.165) is 39.6 Å². The van der Waals surface area contributed by atoms with Gasteiger partial charge in [-0.2, -0.15) is 16.9 Å². The first kappa shape index (κ1) is 23.2. The molecule has 10 heteroatoms. The molecule has 2 aliphatic heterocycles. The Bertz CT molecular complexity index is 1280. The molecule has 0 bridgehead atoms. The van der Waals surface area contributed by atoms with E-state index in [9.17, 15) is 14.4 Å². The van der Waals surface area contributed by atoms with Crippen molar-refractivity contribution in [2.45, 2.75) is 44.9 Å². The number of hydrogen-bond acceptors (Lipinski definition) is 6. The predicted octanol–water partition coefficient (Wildman–Crippen LogP) is 3.15. The lowest BCUT2D eigenvalue weighted by molar-refractivity contribution is -0.123. The number of aryl methyl sites for hydroxylation is 2. The minimum absolute atomic E-state index is 0.0215. The van der Waals surface area contributed by atoms with Crippen molar-refractivity contribution >= 4 is 41.0 Å². The zero-order valence-electron chi connectivity index (χ0n) is 19.7. The van der Waals surface area contributed by atoms with Gasteiger partial charge in [0.05, 0.1) is 24.4 Å². The normalized spacial score (nSPS) is 17.0. The van der Waals surface area contributed by atoms with E-state index in [4.69, 9.17) is 4.42 Å². The fourth-order valence-electron chi connectivity index (χ4n) is 4.36. The highest BCUT2D eigenvalue weighted by Gasteiger charge is 2.36. The van der Waals surface area contributed by atoms with E-state index >= 15 is 0 Å². The molecular formula is C25H27N5O4S. The molecule has 1 atom stereocenters. The number of carbonyl (C=O) groups excluding carboxylic acids is 3. The van der Waals surface area contributed by atoms with Crippen LogP contribution in [0.25, 0.3) is 0 Å². The highest BCUT2D eigenvalue weighted by atomic mass is 32.2. The summed E-state index contributed by atoms with van der Waals surface area (Å²) in [6, 6.07) is 9.44. The highest BCUT2D eigenvalue weighted by molar-refractivity contribution is 7.98. The maximum Gasteiger partial charge on any atom is 0.242 e. The minimum atomic E-state index is -0.482. The molecule has 5 rings (SSSR count). The predicted molar refractivity (Wildman–Crippen MR) is 133 cm³/mol. The van der Waals surface area contributed by atoms with Gasteiger partial charge < -0.3 is 20.0 Å². The number of benzene rings is 1. The molecule has 0 saturated carbocycles. The van der Waals surface area contributed by atoms with Crippen molar-refractivity contribution in [2.24, 2.45) is 5.92 Å². The minimum Gasteiger partial charge on any atom is -0.467 e. The largest absolute Gasteiger partial charge is 0.467 e. The average molecular weight is 494 g/mol. The summed E-state index contributed by atoms with van der Waals surface area (Å²) in [5.74, 6) is 1.64. The van der Waals surface area contributed by atoms with E-state index in [-0.39, 0.29) is 37.2 Å². The number of nitrogens with zero attached hydrogens (tertiary/aromatic N) is 3. The lowest BCUT2D eigenvalue weighted by Crippen LogP contribution is -2.31. The number of hydrogen-bond donors (Lipinski definition) is 2. The molecule has 1 saturated heterocycles. The summed E-state index contributed by atoms with van der Waals surface area (Å²) in [6.45, 7) is 4.61. The first-order valence-corrected chi connectivity index (χ1v) is 12.7. The molecule has 0 radical (unpaired) electrons. The van der Waals surface area contributed by atoms with Gasteiger partial charge in [0.1, 0.15) is 18.1 Å². The second kappa shape index (κ2) is 9.61. The van der Waals surface area contributed by atoms with E-state index in [0.29, 0.717) is 18.1 Å². The second-order valence-electron chi connectivity index (χ2n) is 8.94. The van der Waals surface area contributed by atoms with Gasteiger partial charge in [-0.25, -0.2) is 4.68 Å². The summed E-state index contributed by atoms with van der Waals surface area (Å²) >= 11 is 1.72. The number of thioether (sulfide) groups is 1. The van der Waals surface area contributed by atoms with Crippen LogP contribution in [0.3, 0.4) is 0 Å². The average Bonchev–Trinajstić information content (AvgIpc) is 3.61. The fourth-order valence-corrected chi connectivity index (χ4v) is 5.39. The summed E-state index contributed by atoms with van der Waals surface area (Å²) in [4.78, 5) is 40.2. The number of nitrogens with one attached hydrogen (secondary N) is 2. The zero-order chi connectivity index (χ0) is 24.5. The Kier molecular flexibility index (Phi) is 6.38. The van der Waals surface area contributed by atoms with Crippen molar-refractivity contribution in [3.8, 4) is 0 Å². The lowest BCUT2D eigenvalue weighted by atomic mass is 10.1. The number of aromatic nitrogens is 2. The molecule has 0 spiro atoms. The first-order valence-electron chi connectivity index (χ1n) is 11.5. The van der Waals surface area contributed by atoms with Crippen LogP contribution in [0.1, 0.15) is 34.6 Å². The Morgan fingerprint density at radius 1 is 1.20 bits per heavy atom. The van der Waals surface area contributed by atoms with Gasteiger partial charge in [-0.3, -0.25) is 14.4 Å². The molecule has 3 aromatic rings. The monoisotopic (exact) mass is 493 g/mol. The van der Waals surface area contributed by atoms with Crippen molar-refractivity contribution in [3.63, 3.8) is 0 Å². The molecule has 1 aromatic carbocycles. The van der Waals surface area contributed by atoms with Gasteiger partial charge in [-0.15, -0.1) is 0 Å². The molecule has 9 nitrogen and oxygen atoms in total. The van der Waals surface area contributed by atoms with E-state index < -0.39 is 5.92 Å². The second-order valence-corrected chi connectivity index (χ2v) is 9.93. The van der Waals surface area contributed by atoms with E-state index in [2.05, 4.69) is 15.7 Å². The van der Waals surface area contributed by atoms with Crippen LogP contribution in [0.2, 0.25) is 0 Å². The van der Waals surface area contributed by atoms with Gasteiger partial charge in [0, 0.05) is 35.7 Å². The fraction of sp³-hybridized carbons (Fsp3) is 0.360. The Morgan fingerprint density at radius 2 is 2.06 bits per heavy atom. The molecule has 4 heterocycles. The first-order chi connectivity index (χ1) is 16.9. The molecule has 35 heavy (non-hydrogen) atoms. The smallest absolute Gasteiger partial charge is 0.242 e. The number of anilines is 2. The van der Waals surface area contributed by atoms with Crippen molar-refractivity contribution in [2.75, 3.05) is 16.8 Å². The Morgan fingerprint density at radius 3 is 2.83 bits per heavy atom. The molecule has 2 aliphatic rings. The molecule has 3 amide bonds. The molecule has 1 fully saturated rings. The third kappa shape index (κ3) is 4.84. The van der Waals surface area contributed by atoms with Gasteiger partial charge >= 0.3 is 0 Å². The summed E-state index contributed by atoms with van der Waals surface area (Å²) in [6.07, 6.45) is 1.70. The van der Waals surface area contributed by atoms with Crippen LogP contribution in [-0.4, -0.2) is 34.0 Å². The standard InChI is InChI=1S/C25H27N5O4S/c1-15-5-6-18(8-16(15)2)29-11-17(9-23(29)32)25(33)27-24-20-13-35-14-21(20)28-30(24)12-22(31)26-10-19-4-3-7-34-19/h3-8,17H,9-14H2,1-2H3,(H,26,31)(H,27,33). The van der Waals surface area contributed by atoms with Crippen molar-refractivity contribution in [3.05, 3.63) is 64.7 Å². The highest BCUT2D eigenvalue weighted by Crippen LogP contribution is 2.35. The van der Waals surface area contributed by atoms with Gasteiger partial charge in [0.15, 0.2) is 0 Å². The maximum atomic E-state index is 13.2. The van der Waals surface area contributed by atoms with Crippen LogP contribution in [0.15, 0.2) is 41.0 Å². The number of furan rings is 1. The summed E-state index contributed by atoms with van der Waals surface area (Å²) < 4.78 is 6.80. The van der Waals surface area contributed by atoms with Crippen LogP contribution in [0.5, 0.6) is 0 Å². The van der Waals surface area contributed by atoms with Gasteiger partial charge in [-0.1, -0.05) is 6.07 Å². The number of carbonyl (C=O) groups is 3. The van der Waals surface area contributed by atoms with E-state index in [1.807, 2.05) is 32.0 Å².